The highest BCUT2D eigenvalue weighted by atomic mass is 32.3. The lowest BCUT2D eigenvalue weighted by molar-refractivity contribution is -0.374. The minimum Gasteiger partial charge on any atom is -0.510 e. The number of rotatable bonds is 37. The van der Waals surface area contributed by atoms with Gasteiger partial charge < -0.3 is 141 Å². The van der Waals surface area contributed by atoms with Crippen LogP contribution in [0.15, 0.2) is 70.7 Å². The van der Waals surface area contributed by atoms with Crippen molar-refractivity contribution in [1.82, 2.24) is 16.0 Å². The number of hydrogen-bond donors (Lipinski definition) is 17. The van der Waals surface area contributed by atoms with Crippen LogP contribution in [-0.2, 0) is 99.6 Å². The summed E-state index contributed by atoms with van der Waals surface area (Å²) in [5.41, 5.74) is 11.9. The molecule has 5 fully saturated rings. The summed E-state index contributed by atoms with van der Waals surface area (Å²) in [7, 11) is -5.72. The van der Waals surface area contributed by atoms with Crippen molar-refractivity contribution < 1.29 is 164 Å². The number of aliphatic hydroxyl groups is 11. The molecule has 109 heavy (non-hydrogen) atoms. The van der Waals surface area contributed by atoms with Gasteiger partial charge in [-0.15, -0.1) is 0 Å². The zero-order valence-electron chi connectivity index (χ0n) is 62.1. The number of amides is 5. The highest BCUT2D eigenvalue weighted by Gasteiger charge is 2.62. The Morgan fingerprint density at radius 3 is 1.87 bits per heavy atom. The fourth-order valence-electron chi connectivity index (χ4n) is 12.6. The molecule has 5 heterocycles. The molecule has 5 aliphatic heterocycles. The molecule has 0 radical (unpaired) electrons. The number of hydrogen-bond acceptors (Lipinski definition) is 33. The SMILES string of the molecule is C=C(C/C=C(\C)CCC=C(C)C)CCC(C)(C)/C=C/CC/C(C)=C\CO[C@H](COS(=O)(=O)O[C@H]1O[C@H](C(N)=O)[C@@](C)(O)[C@H](OC(N)=O)[C@H]1O[C@@H]1O[C@H](CO[C@@H]2O[C@H](CO)[C@@H](O)[C@H](O)[C@H]2O)[C@@H](O[C@@H]2O[C@H](C)[C@@H](O[C@@H]3O[C@H](C(=O)NC4=C(O)CCC4=O)[C@H](O)[C@H](O)[C@H]3O)[C@H](O)[C@H]2NC(C)=O)[C@H](O)[C@H]1NC(C)=O)C(=O)O. The molecule has 19 N–H and O–H groups in total. The number of allylic oxidation sites excluding steroid dienone is 10. The van der Waals surface area contributed by atoms with Gasteiger partial charge in [-0.1, -0.05) is 73.1 Å². The summed E-state index contributed by atoms with van der Waals surface area (Å²) >= 11 is 0. The molecule has 618 valence electrons. The number of nitrogens with one attached hydrogen (secondary N) is 3. The second-order valence-electron chi connectivity index (χ2n) is 28.8. The first kappa shape index (κ1) is 91.5. The molecule has 5 amide bonds. The van der Waals surface area contributed by atoms with Crippen LogP contribution < -0.4 is 27.4 Å². The molecule has 0 aromatic rings. The molecule has 1 aliphatic carbocycles. The van der Waals surface area contributed by atoms with Crippen LogP contribution in [0.3, 0.4) is 0 Å². The number of aliphatic carboxylic acids is 1. The van der Waals surface area contributed by atoms with Crippen LogP contribution in [0.5, 0.6) is 0 Å². The standard InChI is InChI=1S/C69H107N5O34S/c1-30(2)15-14-17-31(3)18-19-33(5)22-25-68(9,10)24-13-12-16-32(4)23-26-96-41(61(90)91)29-98-109(94,95)108-66-56(57(107-67(71)92)69(11,93)58(106-66)59(70)88)105-63-44(73-36(8)77)47(82)54(40(101-63)28-97-64-51(86)48(83)45(80)39(27-75)100-64)103-62-43(72-35(7)76)46(81)53(34(6)99-62)102-65-52(87)49(84)50(85)55(104-65)60(89)74-42-37(78)20-21-38(42)79/h13,15,18,23-24,34,39-41,43-58,62-66,75,78,80-87,93H,5,12,14,16-17,19-22,25-29H2,1-4,6-11H3,(H2,70,88)(H2,71,92)(H,72,76)(H,73,77)(H,74,89)(H,90,91)/b24-13+,31-18+,32-23-/t34-,39-,40-,41-,43-,44-,45-,46-,47-,48+,49+,50-,51-,52-,53-,54-,55+,56-,57-,58-,62+,63+,64-,65-,66-,69+/m1/s1. The van der Waals surface area contributed by atoms with E-state index in [9.17, 15) is 103 Å². The zero-order valence-corrected chi connectivity index (χ0v) is 62.9. The van der Waals surface area contributed by atoms with Gasteiger partial charge in [0.15, 0.2) is 61.5 Å². The Labute approximate surface area is 629 Å². The monoisotopic (exact) mass is 1580 g/mol. The van der Waals surface area contributed by atoms with E-state index < -0.39 is 242 Å². The molecule has 0 aromatic carbocycles. The quantitative estimate of drug-likeness (QED) is 0.0278. The molecule has 6 aliphatic rings. The molecule has 0 bridgehead atoms. The van der Waals surface area contributed by atoms with Crippen molar-refractivity contribution in [2.24, 2.45) is 16.9 Å². The summed E-state index contributed by atoms with van der Waals surface area (Å²) in [6.07, 6.45) is -35.9. The van der Waals surface area contributed by atoms with E-state index in [1.165, 1.54) is 18.1 Å². The normalized spacial score (nSPS) is 35.2. The summed E-state index contributed by atoms with van der Waals surface area (Å²) in [5, 5.41) is 139. The van der Waals surface area contributed by atoms with Crippen molar-refractivity contribution in [2.75, 3.05) is 26.4 Å². The van der Waals surface area contributed by atoms with Crippen LogP contribution in [0, 0.1) is 5.41 Å². The van der Waals surface area contributed by atoms with Gasteiger partial charge in [-0.05, 0) is 91.9 Å². The largest absolute Gasteiger partial charge is 0.510 e. The van der Waals surface area contributed by atoms with E-state index in [-0.39, 0.29) is 24.9 Å². The van der Waals surface area contributed by atoms with Crippen molar-refractivity contribution in [3.63, 3.8) is 0 Å². The van der Waals surface area contributed by atoms with Crippen LogP contribution in [0.2, 0.25) is 0 Å². The van der Waals surface area contributed by atoms with Crippen LogP contribution in [0.25, 0.3) is 0 Å². The fourth-order valence-corrected chi connectivity index (χ4v) is 13.3. The lowest BCUT2D eigenvalue weighted by atomic mass is 9.85. The van der Waals surface area contributed by atoms with Crippen molar-refractivity contribution in [2.45, 2.75) is 286 Å². The molecule has 26 atom stereocenters. The Hall–Kier alpha value is -6.40. The van der Waals surface area contributed by atoms with Gasteiger partial charge in [0, 0.05) is 26.7 Å². The van der Waals surface area contributed by atoms with Crippen LogP contribution in [0.1, 0.15) is 127 Å². The van der Waals surface area contributed by atoms with Crippen molar-refractivity contribution in [3.05, 3.63) is 70.7 Å². The number of primary amides is 2. The molecule has 5 saturated heterocycles. The highest BCUT2D eigenvalue weighted by Crippen LogP contribution is 2.40. The van der Waals surface area contributed by atoms with Crippen molar-refractivity contribution in [3.8, 4) is 0 Å². The first-order chi connectivity index (χ1) is 50.9. The third kappa shape index (κ3) is 25.3. The van der Waals surface area contributed by atoms with Crippen molar-refractivity contribution >= 4 is 51.9 Å². The Balaban J connectivity index is 1.25. The Morgan fingerprint density at radius 1 is 0.706 bits per heavy atom. The van der Waals surface area contributed by atoms with Gasteiger partial charge in [-0.3, -0.25) is 24.0 Å². The van der Waals surface area contributed by atoms with Crippen LogP contribution >= 0.6 is 0 Å². The van der Waals surface area contributed by atoms with Crippen LogP contribution in [-0.4, -0.2) is 297 Å². The Kier molecular flexibility index (Phi) is 33.9. The van der Waals surface area contributed by atoms with E-state index in [2.05, 4.69) is 75.4 Å². The summed E-state index contributed by atoms with van der Waals surface area (Å²) in [6, 6.07) is -4.02. The van der Waals surface area contributed by atoms with E-state index >= 15 is 0 Å². The maximum absolute atomic E-state index is 14.0. The first-order valence-corrected chi connectivity index (χ1v) is 36.6. The third-order valence-electron chi connectivity index (χ3n) is 18.9. The van der Waals surface area contributed by atoms with E-state index in [0.29, 0.717) is 12.8 Å². The molecule has 0 saturated carbocycles. The highest BCUT2D eigenvalue weighted by molar-refractivity contribution is 7.81. The minimum atomic E-state index is -5.72. The topological polar surface area (TPSA) is 605 Å². The maximum atomic E-state index is 14.0. The summed E-state index contributed by atoms with van der Waals surface area (Å²) in [4.78, 5) is 90.4. The molecule has 39 nitrogen and oxygen atoms in total. The van der Waals surface area contributed by atoms with Gasteiger partial charge in [0.2, 0.25) is 24.0 Å². The molecule has 0 spiro atoms. The van der Waals surface area contributed by atoms with E-state index in [1.54, 1.807) is 13.0 Å². The summed E-state index contributed by atoms with van der Waals surface area (Å²) < 4.78 is 102. The lowest BCUT2D eigenvalue weighted by Gasteiger charge is -2.51. The van der Waals surface area contributed by atoms with Crippen LogP contribution in [0.4, 0.5) is 4.79 Å². The summed E-state index contributed by atoms with van der Waals surface area (Å²) in [5.74, 6) is -7.74. The van der Waals surface area contributed by atoms with E-state index in [4.69, 9.17) is 71.9 Å². The third-order valence-corrected chi connectivity index (χ3v) is 19.7. The molecule has 40 heteroatoms. The van der Waals surface area contributed by atoms with Gasteiger partial charge >= 0.3 is 22.5 Å². The summed E-state index contributed by atoms with van der Waals surface area (Å²) in [6.45, 7) is 16.6. The van der Waals surface area contributed by atoms with Crippen molar-refractivity contribution in [1.29, 1.82) is 0 Å². The second-order valence-corrected chi connectivity index (χ2v) is 30.0. The first-order valence-electron chi connectivity index (χ1n) is 35.3. The number of carbonyl (C=O) groups is 7. The Bertz CT molecular complexity index is 3440. The average molecular weight is 1580 g/mol. The van der Waals surface area contributed by atoms with Gasteiger partial charge in [0.05, 0.1) is 25.9 Å². The Morgan fingerprint density at radius 2 is 1.28 bits per heavy atom. The average Bonchev–Trinajstić information content (AvgIpc) is 1.80. The number of ketones is 1. The lowest BCUT2D eigenvalue weighted by Crippen LogP contribution is -2.73. The van der Waals surface area contributed by atoms with E-state index in [0.717, 1.165) is 64.0 Å². The number of carboxylic acids is 1. The smallest absolute Gasteiger partial charge is 0.404 e. The van der Waals surface area contributed by atoms with E-state index in [1.807, 2.05) is 6.08 Å². The maximum Gasteiger partial charge on any atom is 0.404 e. The molecule has 0 unspecified atom stereocenters. The molecule has 0 aromatic heterocycles. The van der Waals surface area contributed by atoms with Gasteiger partial charge in [-0.2, -0.15) is 8.42 Å². The molecular formula is C69H107N5O34S. The fraction of sp³-hybridized carbons (Fsp3) is 0.725. The number of carboxylic acid groups (broad SMARTS) is 1. The minimum absolute atomic E-state index is 0.130. The number of ether oxygens (including phenoxy) is 11. The molecular weight excluding hydrogens is 1470 g/mol. The molecule has 6 rings (SSSR count). The second kappa shape index (κ2) is 40.4. The van der Waals surface area contributed by atoms with Gasteiger partial charge in [-0.25, -0.2) is 18.0 Å². The zero-order chi connectivity index (χ0) is 81.5. The van der Waals surface area contributed by atoms with Gasteiger partial charge in [0.1, 0.15) is 109 Å². The predicted octanol–water partition coefficient (Wildman–Crippen LogP) is -2.88. The number of carbonyl (C=O) groups excluding carboxylic acids is 6. The van der Waals surface area contributed by atoms with Gasteiger partial charge in [0.25, 0.3) is 5.91 Å². The number of nitrogens with two attached hydrogens (primary N) is 2. The predicted molar refractivity (Wildman–Crippen MR) is 371 cm³/mol. The number of aliphatic hydroxyl groups excluding tert-OH is 10. The number of Topliss-reactive ketones (excluding diaryl/α,β-unsaturated/α-hetero) is 1.